The van der Waals surface area contributed by atoms with Crippen LogP contribution in [0.2, 0.25) is 0 Å². The largest absolute Gasteiger partial charge is 0.448 e. The average molecular weight is 274 g/mol. The van der Waals surface area contributed by atoms with Crippen LogP contribution in [0, 0.1) is 0 Å². The number of hydrogen-bond donors (Lipinski definition) is 1. The molecule has 102 valence electrons. The molecule has 0 spiro atoms. The van der Waals surface area contributed by atoms with Crippen LogP contribution in [0.25, 0.3) is 10.8 Å². The molecule has 0 saturated carbocycles. The molecule has 0 aliphatic heterocycles. The molecule has 19 heavy (non-hydrogen) atoms. The van der Waals surface area contributed by atoms with Crippen molar-refractivity contribution in [3.05, 3.63) is 48.0 Å². The van der Waals surface area contributed by atoms with E-state index in [9.17, 15) is 17.6 Å². The first kappa shape index (κ1) is 13.8. The Morgan fingerprint density at radius 2 is 1.58 bits per heavy atom. The molecule has 0 aliphatic rings. The van der Waals surface area contributed by atoms with Crippen molar-refractivity contribution in [2.24, 2.45) is 0 Å². The van der Waals surface area contributed by atoms with Crippen molar-refractivity contribution in [3.63, 3.8) is 0 Å². The molecular weight excluding hydrogens is 264 g/mol. The zero-order valence-electron chi connectivity index (χ0n) is 9.62. The van der Waals surface area contributed by atoms with Crippen LogP contribution in [0.4, 0.5) is 17.6 Å². The van der Waals surface area contributed by atoms with Gasteiger partial charge in [-0.05, 0) is 22.4 Å². The fourth-order valence-corrected chi connectivity index (χ4v) is 1.59. The van der Waals surface area contributed by atoms with Gasteiger partial charge >= 0.3 is 12.2 Å². The van der Waals surface area contributed by atoms with Gasteiger partial charge in [0.25, 0.3) is 0 Å². The summed E-state index contributed by atoms with van der Waals surface area (Å²) in [6, 6.07) is 11.9. The molecule has 0 radical (unpaired) electrons. The summed E-state index contributed by atoms with van der Waals surface area (Å²) in [6.07, 6.45) is -10.1. The first-order valence-corrected chi connectivity index (χ1v) is 5.39. The molecule has 2 aromatic rings. The lowest BCUT2D eigenvalue weighted by atomic mass is 10.1. The lowest BCUT2D eigenvalue weighted by Crippen LogP contribution is -2.42. The predicted molar refractivity (Wildman–Crippen MR) is 60.8 cm³/mol. The fraction of sp³-hybridized carbons (Fsp3) is 0.231. The Morgan fingerprint density at radius 1 is 0.947 bits per heavy atom. The van der Waals surface area contributed by atoms with Gasteiger partial charge in [-0.25, -0.2) is 0 Å². The maximum atomic E-state index is 12.7. The van der Waals surface area contributed by atoms with Crippen LogP contribution in [0.15, 0.2) is 42.5 Å². The summed E-state index contributed by atoms with van der Waals surface area (Å²) in [6.45, 7) is -0.728. The molecule has 0 fully saturated rings. The summed E-state index contributed by atoms with van der Waals surface area (Å²) < 4.78 is 53.5. The molecule has 0 bridgehead atoms. The molecule has 0 unspecified atom stereocenters. The van der Waals surface area contributed by atoms with Crippen molar-refractivity contribution >= 4 is 10.8 Å². The quantitative estimate of drug-likeness (QED) is 0.864. The van der Waals surface area contributed by atoms with Gasteiger partial charge in [-0.15, -0.1) is 0 Å². The molecule has 1 N–H and O–H groups in total. The minimum Gasteiger partial charge on any atom is -0.329 e. The molecular formula is C13H10F4O2. The number of benzene rings is 2. The number of aliphatic hydroxyl groups is 1. The fourth-order valence-electron chi connectivity index (χ4n) is 1.59. The van der Waals surface area contributed by atoms with Crippen molar-refractivity contribution in [2.45, 2.75) is 18.8 Å². The van der Waals surface area contributed by atoms with Crippen molar-refractivity contribution in [3.8, 4) is 0 Å². The maximum absolute atomic E-state index is 12.7. The van der Waals surface area contributed by atoms with Gasteiger partial charge in [-0.3, -0.25) is 0 Å². The summed E-state index contributed by atoms with van der Waals surface area (Å²) in [5.74, 6) is 0. The second-order valence-corrected chi connectivity index (χ2v) is 4.03. The Kier molecular flexibility index (Phi) is 3.47. The highest BCUT2D eigenvalue weighted by Gasteiger charge is 2.57. The molecule has 0 amide bonds. The molecule has 2 nitrogen and oxygen atoms in total. The molecule has 2 aromatic carbocycles. The van der Waals surface area contributed by atoms with E-state index in [-0.39, 0.29) is 0 Å². The SMILES string of the molecule is OC(F)(F)C(F)(F)OCc1ccc2ccccc2c1. The van der Waals surface area contributed by atoms with Gasteiger partial charge in [0.1, 0.15) is 0 Å². The predicted octanol–water partition coefficient (Wildman–Crippen LogP) is 3.53. The van der Waals surface area contributed by atoms with E-state index in [2.05, 4.69) is 4.74 Å². The summed E-state index contributed by atoms with van der Waals surface area (Å²) in [5.41, 5.74) is 0.308. The third kappa shape index (κ3) is 3.02. The van der Waals surface area contributed by atoms with Crippen molar-refractivity contribution < 1.29 is 27.4 Å². The molecule has 0 aliphatic carbocycles. The molecule has 0 aromatic heterocycles. The Labute approximate surface area is 106 Å². The van der Waals surface area contributed by atoms with Crippen LogP contribution in [-0.4, -0.2) is 17.3 Å². The third-order valence-electron chi connectivity index (χ3n) is 2.58. The third-order valence-corrected chi connectivity index (χ3v) is 2.58. The molecule has 0 saturated heterocycles. The maximum Gasteiger partial charge on any atom is 0.448 e. The highest BCUT2D eigenvalue weighted by Crippen LogP contribution is 2.33. The van der Waals surface area contributed by atoms with E-state index in [4.69, 9.17) is 5.11 Å². The molecule has 0 atom stereocenters. The number of hydrogen-bond acceptors (Lipinski definition) is 2. The number of halogens is 4. The lowest BCUT2D eigenvalue weighted by molar-refractivity contribution is -0.421. The van der Waals surface area contributed by atoms with E-state index in [1.54, 1.807) is 24.3 Å². The van der Waals surface area contributed by atoms with Gasteiger partial charge < -0.3 is 9.84 Å². The first-order valence-electron chi connectivity index (χ1n) is 5.39. The van der Waals surface area contributed by atoms with Crippen LogP contribution in [0.1, 0.15) is 5.56 Å². The summed E-state index contributed by atoms with van der Waals surface area (Å²) in [5, 5.41) is 9.66. The van der Waals surface area contributed by atoms with Crippen LogP contribution in [-0.2, 0) is 11.3 Å². The van der Waals surface area contributed by atoms with Gasteiger partial charge in [-0.2, -0.15) is 17.6 Å². The second-order valence-electron chi connectivity index (χ2n) is 4.03. The minimum atomic E-state index is -5.20. The summed E-state index contributed by atoms with van der Waals surface area (Å²) in [4.78, 5) is 0. The smallest absolute Gasteiger partial charge is 0.329 e. The average Bonchev–Trinajstić information content (AvgIpc) is 2.35. The van der Waals surface area contributed by atoms with Gasteiger partial charge in [0, 0.05) is 0 Å². The van der Waals surface area contributed by atoms with Gasteiger partial charge in [0.2, 0.25) is 0 Å². The summed E-state index contributed by atoms with van der Waals surface area (Å²) >= 11 is 0. The van der Waals surface area contributed by atoms with Gasteiger partial charge in [0.15, 0.2) is 0 Å². The number of rotatable bonds is 4. The highest BCUT2D eigenvalue weighted by atomic mass is 19.3. The number of fused-ring (bicyclic) bond motifs is 1. The van der Waals surface area contributed by atoms with E-state index in [0.717, 1.165) is 10.8 Å². The zero-order chi connectivity index (χ0) is 14.1. The summed E-state index contributed by atoms with van der Waals surface area (Å²) in [7, 11) is 0. The number of alkyl halides is 4. The minimum absolute atomic E-state index is 0.308. The van der Waals surface area contributed by atoms with E-state index in [1.165, 1.54) is 6.07 Å². The number of ether oxygens (including phenoxy) is 1. The van der Waals surface area contributed by atoms with E-state index >= 15 is 0 Å². The normalized spacial score (nSPS) is 12.9. The standard InChI is InChI=1S/C13H10F4O2/c14-12(15,18)13(16,17)19-8-9-5-6-10-3-1-2-4-11(10)7-9/h1-7,18H,8H2. The molecule has 2 rings (SSSR count). The second kappa shape index (κ2) is 4.79. The Morgan fingerprint density at radius 3 is 2.21 bits per heavy atom. The zero-order valence-corrected chi connectivity index (χ0v) is 9.62. The Hall–Kier alpha value is -1.66. The van der Waals surface area contributed by atoms with Crippen LogP contribution in [0.5, 0.6) is 0 Å². The lowest BCUT2D eigenvalue weighted by Gasteiger charge is -2.21. The van der Waals surface area contributed by atoms with E-state index in [0.29, 0.717) is 5.56 Å². The van der Waals surface area contributed by atoms with Crippen molar-refractivity contribution in [1.82, 2.24) is 0 Å². The van der Waals surface area contributed by atoms with Crippen LogP contribution >= 0.6 is 0 Å². The van der Waals surface area contributed by atoms with Crippen molar-refractivity contribution in [2.75, 3.05) is 0 Å². The Bertz CT molecular complexity index is 578. The van der Waals surface area contributed by atoms with Crippen LogP contribution in [0.3, 0.4) is 0 Å². The monoisotopic (exact) mass is 274 g/mol. The molecule has 0 heterocycles. The van der Waals surface area contributed by atoms with Crippen molar-refractivity contribution in [1.29, 1.82) is 0 Å². The van der Waals surface area contributed by atoms with Gasteiger partial charge in [-0.1, -0.05) is 36.4 Å². The topological polar surface area (TPSA) is 29.5 Å². The van der Waals surface area contributed by atoms with E-state index in [1.807, 2.05) is 12.1 Å². The first-order chi connectivity index (χ1) is 8.79. The Balaban J connectivity index is 2.14. The van der Waals surface area contributed by atoms with Crippen LogP contribution < -0.4 is 0 Å². The van der Waals surface area contributed by atoms with Gasteiger partial charge in [0.05, 0.1) is 6.61 Å². The highest BCUT2D eigenvalue weighted by molar-refractivity contribution is 5.82. The van der Waals surface area contributed by atoms with E-state index < -0.39 is 18.8 Å². The molecule has 6 heteroatoms.